The third-order valence-corrected chi connectivity index (χ3v) is 2.19. The molecule has 1 atom stereocenters. The number of carbonyl (C=O) groups excluding carboxylic acids is 1. The quantitative estimate of drug-likeness (QED) is 0.751. The SMILES string of the molecule is CC(C)CC(=O)C(C#N)c1ccccc1. The second kappa shape index (κ2) is 5.31. The summed E-state index contributed by atoms with van der Waals surface area (Å²) in [5.74, 6) is -0.288. The Balaban J connectivity index is 2.82. The lowest BCUT2D eigenvalue weighted by atomic mass is 9.91. The van der Waals surface area contributed by atoms with Crippen LogP contribution in [0.4, 0.5) is 0 Å². The Morgan fingerprint density at radius 1 is 1.33 bits per heavy atom. The van der Waals surface area contributed by atoms with Crippen molar-refractivity contribution in [1.29, 1.82) is 5.26 Å². The number of nitrogens with zero attached hydrogens (tertiary/aromatic N) is 1. The van der Waals surface area contributed by atoms with Crippen LogP contribution in [0, 0.1) is 17.2 Å². The van der Waals surface area contributed by atoms with Gasteiger partial charge in [-0.05, 0) is 11.5 Å². The second-order valence-electron chi connectivity index (χ2n) is 4.04. The van der Waals surface area contributed by atoms with Crippen LogP contribution in [0.2, 0.25) is 0 Å². The van der Waals surface area contributed by atoms with Crippen molar-refractivity contribution in [3.05, 3.63) is 35.9 Å². The average Bonchev–Trinajstić information content (AvgIpc) is 2.19. The first-order valence-electron chi connectivity index (χ1n) is 5.12. The third-order valence-electron chi connectivity index (χ3n) is 2.19. The number of hydrogen-bond acceptors (Lipinski definition) is 2. The number of hydrogen-bond donors (Lipinski definition) is 0. The van der Waals surface area contributed by atoms with E-state index in [4.69, 9.17) is 5.26 Å². The van der Waals surface area contributed by atoms with Gasteiger partial charge in [0.15, 0.2) is 5.78 Å². The minimum absolute atomic E-state index is 0.0127. The molecule has 15 heavy (non-hydrogen) atoms. The predicted molar refractivity (Wildman–Crippen MR) is 59.3 cm³/mol. The van der Waals surface area contributed by atoms with Crippen molar-refractivity contribution in [3.8, 4) is 6.07 Å². The lowest BCUT2D eigenvalue weighted by molar-refractivity contribution is -0.120. The number of nitriles is 1. The van der Waals surface area contributed by atoms with Gasteiger partial charge in [-0.15, -0.1) is 0 Å². The highest BCUT2D eigenvalue weighted by Crippen LogP contribution is 2.19. The van der Waals surface area contributed by atoms with E-state index in [0.717, 1.165) is 5.56 Å². The molecule has 2 heteroatoms. The number of carbonyl (C=O) groups is 1. The van der Waals surface area contributed by atoms with Crippen molar-refractivity contribution in [2.24, 2.45) is 5.92 Å². The van der Waals surface area contributed by atoms with E-state index in [-0.39, 0.29) is 5.78 Å². The van der Waals surface area contributed by atoms with Crippen molar-refractivity contribution in [1.82, 2.24) is 0 Å². The normalized spacial score (nSPS) is 12.1. The van der Waals surface area contributed by atoms with Crippen LogP contribution in [0.3, 0.4) is 0 Å². The number of rotatable bonds is 4. The fourth-order valence-corrected chi connectivity index (χ4v) is 1.50. The summed E-state index contributed by atoms with van der Waals surface area (Å²) in [4.78, 5) is 11.8. The molecule has 0 saturated heterocycles. The van der Waals surface area contributed by atoms with E-state index in [0.29, 0.717) is 12.3 Å². The van der Waals surface area contributed by atoms with Crippen LogP contribution in [0.25, 0.3) is 0 Å². The molecule has 0 aliphatic carbocycles. The maximum Gasteiger partial charge on any atom is 0.154 e. The molecule has 0 spiro atoms. The molecule has 0 aliphatic rings. The Labute approximate surface area is 90.5 Å². The van der Waals surface area contributed by atoms with Crippen LogP contribution in [0.1, 0.15) is 31.7 Å². The van der Waals surface area contributed by atoms with Crippen molar-refractivity contribution in [2.75, 3.05) is 0 Å². The minimum atomic E-state index is -0.603. The van der Waals surface area contributed by atoms with Gasteiger partial charge in [0.2, 0.25) is 0 Å². The van der Waals surface area contributed by atoms with E-state index < -0.39 is 5.92 Å². The predicted octanol–water partition coefficient (Wildman–Crippen LogP) is 2.91. The van der Waals surface area contributed by atoms with E-state index in [1.54, 1.807) is 0 Å². The average molecular weight is 201 g/mol. The molecule has 1 aromatic rings. The zero-order chi connectivity index (χ0) is 11.3. The number of ketones is 1. The largest absolute Gasteiger partial charge is 0.298 e. The first-order chi connectivity index (χ1) is 7.15. The summed E-state index contributed by atoms with van der Waals surface area (Å²) in [6, 6.07) is 11.3. The van der Waals surface area contributed by atoms with Gasteiger partial charge in [0.25, 0.3) is 0 Å². The molecule has 1 unspecified atom stereocenters. The summed E-state index contributed by atoms with van der Waals surface area (Å²) < 4.78 is 0. The minimum Gasteiger partial charge on any atom is -0.298 e. The van der Waals surface area contributed by atoms with Crippen molar-refractivity contribution in [2.45, 2.75) is 26.2 Å². The van der Waals surface area contributed by atoms with Gasteiger partial charge in [0, 0.05) is 6.42 Å². The number of Topliss-reactive ketones (excluding diaryl/α,β-unsaturated/α-hetero) is 1. The van der Waals surface area contributed by atoms with Crippen LogP contribution in [0.15, 0.2) is 30.3 Å². The lowest BCUT2D eigenvalue weighted by Crippen LogP contribution is -2.12. The summed E-state index contributed by atoms with van der Waals surface area (Å²) in [5.41, 5.74) is 0.797. The van der Waals surface area contributed by atoms with Gasteiger partial charge in [-0.2, -0.15) is 5.26 Å². The van der Waals surface area contributed by atoms with Gasteiger partial charge in [0.1, 0.15) is 5.92 Å². The molecule has 2 nitrogen and oxygen atoms in total. The van der Waals surface area contributed by atoms with Crippen LogP contribution < -0.4 is 0 Å². The Kier molecular flexibility index (Phi) is 4.05. The van der Waals surface area contributed by atoms with Gasteiger partial charge >= 0.3 is 0 Å². The highest BCUT2D eigenvalue weighted by atomic mass is 16.1. The van der Waals surface area contributed by atoms with Gasteiger partial charge in [0.05, 0.1) is 6.07 Å². The molecule has 78 valence electrons. The van der Waals surface area contributed by atoms with Gasteiger partial charge in [-0.25, -0.2) is 0 Å². The molecule has 0 radical (unpaired) electrons. The van der Waals surface area contributed by atoms with Gasteiger partial charge < -0.3 is 0 Å². The van der Waals surface area contributed by atoms with Crippen LogP contribution >= 0.6 is 0 Å². The fourth-order valence-electron chi connectivity index (χ4n) is 1.50. The molecule has 0 saturated carbocycles. The highest BCUT2D eigenvalue weighted by Gasteiger charge is 2.20. The molecule has 0 heterocycles. The summed E-state index contributed by atoms with van der Waals surface area (Å²) in [6.07, 6.45) is 0.465. The lowest BCUT2D eigenvalue weighted by Gasteiger charge is -2.09. The molecular weight excluding hydrogens is 186 g/mol. The Morgan fingerprint density at radius 2 is 1.93 bits per heavy atom. The Hall–Kier alpha value is -1.62. The van der Waals surface area contributed by atoms with E-state index >= 15 is 0 Å². The Morgan fingerprint density at radius 3 is 2.40 bits per heavy atom. The third kappa shape index (κ3) is 3.21. The summed E-state index contributed by atoms with van der Waals surface area (Å²) >= 11 is 0. The van der Waals surface area contributed by atoms with E-state index in [1.807, 2.05) is 44.2 Å². The van der Waals surface area contributed by atoms with Crippen molar-refractivity contribution >= 4 is 5.78 Å². The maximum atomic E-state index is 11.8. The fraction of sp³-hybridized carbons (Fsp3) is 0.385. The van der Waals surface area contributed by atoms with Crippen molar-refractivity contribution in [3.63, 3.8) is 0 Å². The zero-order valence-corrected chi connectivity index (χ0v) is 9.10. The summed E-state index contributed by atoms with van der Waals surface area (Å²) in [7, 11) is 0. The highest BCUT2D eigenvalue weighted by molar-refractivity contribution is 5.88. The van der Waals surface area contributed by atoms with E-state index in [1.165, 1.54) is 0 Å². The first kappa shape index (κ1) is 11.5. The molecule has 0 amide bonds. The molecule has 0 aromatic heterocycles. The summed E-state index contributed by atoms with van der Waals surface area (Å²) in [5, 5.41) is 8.99. The molecular formula is C13H15NO. The van der Waals surface area contributed by atoms with Crippen LogP contribution in [0.5, 0.6) is 0 Å². The van der Waals surface area contributed by atoms with E-state index in [2.05, 4.69) is 6.07 Å². The van der Waals surface area contributed by atoms with Crippen LogP contribution in [-0.2, 0) is 4.79 Å². The monoisotopic (exact) mass is 201 g/mol. The van der Waals surface area contributed by atoms with Gasteiger partial charge in [-0.1, -0.05) is 44.2 Å². The van der Waals surface area contributed by atoms with E-state index in [9.17, 15) is 4.79 Å². The second-order valence-corrected chi connectivity index (χ2v) is 4.04. The number of benzene rings is 1. The first-order valence-corrected chi connectivity index (χ1v) is 5.12. The molecule has 0 fully saturated rings. The standard InChI is InChI=1S/C13H15NO/c1-10(2)8-13(15)12(9-14)11-6-4-3-5-7-11/h3-7,10,12H,8H2,1-2H3. The van der Waals surface area contributed by atoms with Gasteiger partial charge in [-0.3, -0.25) is 4.79 Å². The summed E-state index contributed by atoms with van der Waals surface area (Å²) in [6.45, 7) is 3.97. The van der Waals surface area contributed by atoms with Crippen LogP contribution in [-0.4, -0.2) is 5.78 Å². The topological polar surface area (TPSA) is 40.9 Å². The molecule has 1 aromatic carbocycles. The Bertz CT molecular complexity index is 362. The molecule has 0 aliphatic heterocycles. The van der Waals surface area contributed by atoms with Crippen molar-refractivity contribution < 1.29 is 4.79 Å². The zero-order valence-electron chi connectivity index (χ0n) is 9.10. The maximum absolute atomic E-state index is 11.8. The smallest absolute Gasteiger partial charge is 0.154 e. The molecule has 0 N–H and O–H groups in total. The molecule has 1 rings (SSSR count). The molecule has 0 bridgehead atoms.